The van der Waals surface area contributed by atoms with Gasteiger partial charge < -0.3 is 15.1 Å². The molecule has 0 bridgehead atoms. The van der Waals surface area contributed by atoms with Gasteiger partial charge in [0, 0.05) is 20.1 Å². The summed E-state index contributed by atoms with van der Waals surface area (Å²) in [7, 11) is 1.75. The van der Waals surface area contributed by atoms with E-state index in [1.807, 2.05) is 35.2 Å². The lowest BCUT2D eigenvalue weighted by Gasteiger charge is -2.54. The van der Waals surface area contributed by atoms with Crippen molar-refractivity contribution in [2.45, 2.75) is 65.2 Å². The molecule has 0 saturated carbocycles. The Balaban J connectivity index is 1.77. The van der Waals surface area contributed by atoms with Crippen LogP contribution < -0.4 is 5.32 Å². The minimum absolute atomic E-state index is 0.0289. The Morgan fingerprint density at radius 1 is 1.19 bits per heavy atom. The van der Waals surface area contributed by atoms with Crippen LogP contribution in [0.25, 0.3) is 0 Å². The molecule has 3 rings (SSSR count). The molecule has 0 aliphatic carbocycles. The predicted octanol–water partition coefficient (Wildman–Crippen LogP) is 2.66. The van der Waals surface area contributed by atoms with Crippen LogP contribution in [0.15, 0.2) is 30.3 Å². The number of fused-ring (bicyclic) bond motifs is 1. The molecule has 32 heavy (non-hydrogen) atoms. The van der Waals surface area contributed by atoms with Crippen molar-refractivity contribution >= 4 is 17.8 Å². The average molecular weight is 444 g/mol. The molecule has 2 aliphatic heterocycles. The molecule has 0 aromatic heterocycles. The third-order valence-electron chi connectivity index (χ3n) is 6.61. The second-order valence-corrected chi connectivity index (χ2v) is 8.92. The van der Waals surface area contributed by atoms with E-state index in [2.05, 4.69) is 19.2 Å². The van der Waals surface area contributed by atoms with Gasteiger partial charge in [-0.05, 0) is 24.8 Å². The number of hydrogen-bond donors (Lipinski definition) is 1. The number of rotatable bonds is 8. The summed E-state index contributed by atoms with van der Waals surface area (Å²) in [6.45, 7) is 7.58. The summed E-state index contributed by atoms with van der Waals surface area (Å²) in [5.74, 6) is 0.275. The van der Waals surface area contributed by atoms with E-state index >= 15 is 0 Å². The molecule has 0 spiro atoms. The summed E-state index contributed by atoms with van der Waals surface area (Å²) < 4.78 is 0. The number of nitrogens with zero attached hydrogens (tertiary/aromatic N) is 4. The first-order chi connectivity index (χ1) is 15.4. The van der Waals surface area contributed by atoms with Gasteiger partial charge in [0.05, 0.1) is 13.1 Å². The summed E-state index contributed by atoms with van der Waals surface area (Å²) in [6, 6.07) is 8.88. The Bertz CT molecular complexity index is 802. The van der Waals surface area contributed by atoms with Crippen LogP contribution in [0.2, 0.25) is 0 Å². The Kier molecular flexibility index (Phi) is 8.12. The molecule has 8 heteroatoms. The summed E-state index contributed by atoms with van der Waals surface area (Å²) in [5, 5.41) is 6.24. The van der Waals surface area contributed by atoms with E-state index < -0.39 is 12.2 Å². The smallest absolute Gasteiger partial charge is 0.334 e. The Labute approximate surface area is 191 Å². The molecule has 3 atom stereocenters. The van der Waals surface area contributed by atoms with Gasteiger partial charge in [-0.2, -0.15) is 0 Å². The maximum atomic E-state index is 13.2. The normalized spacial score (nSPS) is 22.7. The lowest BCUT2D eigenvalue weighted by Crippen LogP contribution is -2.75. The van der Waals surface area contributed by atoms with Crippen LogP contribution >= 0.6 is 0 Å². The Hall–Kier alpha value is -2.61. The van der Waals surface area contributed by atoms with Gasteiger partial charge in [-0.1, -0.05) is 63.4 Å². The first kappa shape index (κ1) is 24.0. The zero-order chi connectivity index (χ0) is 23.3. The van der Waals surface area contributed by atoms with Crippen molar-refractivity contribution in [1.82, 2.24) is 25.1 Å². The first-order valence-corrected chi connectivity index (χ1v) is 11.8. The molecule has 2 unspecified atom stereocenters. The monoisotopic (exact) mass is 443 g/mol. The lowest BCUT2D eigenvalue weighted by atomic mass is 9.97. The Morgan fingerprint density at radius 3 is 2.56 bits per heavy atom. The van der Waals surface area contributed by atoms with Gasteiger partial charge in [0.2, 0.25) is 11.8 Å². The molecule has 1 aromatic rings. The predicted molar refractivity (Wildman–Crippen MR) is 123 cm³/mol. The van der Waals surface area contributed by atoms with Crippen LogP contribution in [0.3, 0.4) is 0 Å². The number of hydrazine groups is 1. The molecule has 0 radical (unpaired) electrons. The van der Waals surface area contributed by atoms with E-state index in [0.717, 1.165) is 31.2 Å². The van der Waals surface area contributed by atoms with Crippen LogP contribution in [-0.2, 0) is 16.1 Å². The van der Waals surface area contributed by atoms with Gasteiger partial charge in [0.25, 0.3) is 0 Å². The number of likely N-dealkylation sites (N-methyl/N-ethyl adjacent to an activating group) is 1. The van der Waals surface area contributed by atoms with Crippen molar-refractivity contribution in [3.8, 4) is 0 Å². The standard InChI is InChI=1S/C24H37N5O3/c1-5-7-11-19(6-2)15-27-16-21-28(18(3)23(27)31)22(30)17-26(4)29(21)24(32)25-14-20-12-9-8-10-13-20/h8-10,12-13,18-19,21H,5-7,11,14-17H2,1-4H3,(H,25,32)/t18-,19?,21?/m0/s1. The maximum absolute atomic E-state index is 13.2. The highest BCUT2D eigenvalue weighted by molar-refractivity contribution is 5.91. The van der Waals surface area contributed by atoms with Crippen LogP contribution in [-0.4, -0.2) is 76.6 Å². The molecule has 2 aliphatic rings. The number of urea groups is 1. The van der Waals surface area contributed by atoms with Crippen LogP contribution in [0.4, 0.5) is 4.79 Å². The number of benzene rings is 1. The first-order valence-electron chi connectivity index (χ1n) is 11.8. The molecular weight excluding hydrogens is 406 g/mol. The quantitative estimate of drug-likeness (QED) is 0.670. The molecule has 1 aromatic carbocycles. The average Bonchev–Trinajstić information content (AvgIpc) is 2.78. The van der Waals surface area contributed by atoms with Crippen LogP contribution in [0, 0.1) is 5.92 Å². The molecular formula is C24H37N5O3. The summed E-state index contributed by atoms with van der Waals surface area (Å²) in [6.07, 6.45) is 3.85. The minimum Gasteiger partial charge on any atom is -0.337 e. The Morgan fingerprint density at radius 2 is 1.91 bits per heavy atom. The second-order valence-electron chi connectivity index (χ2n) is 8.92. The van der Waals surface area contributed by atoms with E-state index in [4.69, 9.17) is 0 Å². The third kappa shape index (κ3) is 5.23. The fourth-order valence-electron chi connectivity index (χ4n) is 4.71. The van der Waals surface area contributed by atoms with Crippen molar-refractivity contribution in [3.63, 3.8) is 0 Å². The maximum Gasteiger partial charge on any atom is 0.334 e. The van der Waals surface area contributed by atoms with E-state index in [9.17, 15) is 14.4 Å². The zero-order valence-electron chi connectivity index (χ0n) is 19.8. The van der Waals surface area contributed by atoms with Crippen molar-refractivity contribution < 1.29 is 14.4 Å². The second kappa shape index (κ2) is 10.8. The van der Waals surface area contributed by atoms with Crippen molar-refractivity contribution in [2.75, 3.05) is 26.7 Å². The number of carbonyl (C=O) groups is 3. The van der Waals surface area contributed by atoms with Gasteiger partial charge in [-0.25, -0.2) is 14.8 Å². The van der Waals surface area contributed by atoms with Gasteiger partial charge in [0.1, 0.15) is 12.2 Å². The number of nitrogens with one attached hydrogen (secondary N) is 1. The van der Waals surface area contributed by atoms with E-state index in [1.165, 1.54) is 0 Å². The highest BCUT2D eigenvalue weighted by atomic mass is 16.2. The summed E-state index contributed by atoms with van der Waals surface area (Å²) in [5.41, 5.74) is 1.00. The lowest BCUT2D eigenvalue weighted by molar-refractivity contribution is -0.186. The fourth-order valence-corrected chi connectivity index (χ4v) is 4.71. The number of carbonyl (C=O) groups excluding carboxylic acids is 3. The highest BCUT2D eigenvalue weighted by Crippen LogP contribution is 2.27. The number of amides is 4. The topological polar surface area (TPSA) is 76.2 Å². The SMILES string of the molecule is CCCCC(CC)CN1CC2N(C(=O)CN(C)N2C(=O)NCc2ccccc2)[C@@H](C)C1=O. The van der Waals surface area contributed by atoms with Gasteiger partial charge in [-0.15, -0.1) is 0 Å². The van der Waals surface area contributed by atoms with Gasteiger partial charge in [0.15, 0.2) is 0 Å². The molecule has 176 valence electrons. The molecule has 4 amide bonds. The minimum atomic E-state index is -0.581. The third-order valence-corrected chi connectivity index (χ3v) is 6.61. The number of hydrogen-bond acceptors (Lipinski definition) is 4. The molecule has 2 saturated heterocycles. The largest absolute Gasteiger partial charge is 0.337 e. The van der Waals surface area contributed by atoms with E-state index in [-0.39, 0.29) is 24.4 Å². The molecule has 2 fully saturated rings. The molecule has 8 nitrogen and oxygen atoms in total. The molecule has 1 N–H and O–H groups in total. The van der Waals surface area contributed by atoms with Crippen molar-refractivity contribution in [2.24, 2.45) is 5.92 Å². The summed E-state index contributed by atoms with van der Waals surface area (Å²) >= 11 is 0. The van der Waals surface area contributed by atoms with Crippen LogP contribution in [0.1, 0.15) is 52.0 Å². The summed E-state index contributed by atoms with van der Waals surface area (Å²) in [4.78, 5) is 42.6. The van der Waals surface area contributed by atoms with E-state index in [0.29, 0.717) is 25.6 Å². The fraction of sp³-hybridized carbons (Fsp3) is 0.625. The number of piperazine rings is 1. The van der Waals surface area contributed by atoms with Gasteiger partial charge >= 0.3 is 6.03 Å². The van der Waals surface area contributed by atoms with Crippen LogP contribution in [0.5, 0.6) is 0 Å². The highest BCUT2D eigenvalue weighted by Gasteiger charge is 2.49. The van der Waals surface area contributed by atoms with Crippen molar-refractivity contribution in [3.05, 3.63) is 35.9 Å². The van der Waals surface area contributed by atoms with E-state index in [1.54, 1.807) is 28.9 Å². The van der Waals surface area contributed by atoms with Crippen molar-refractivity contribution in [1.29, 1.82) is 0 Å². The van der Waals surface area contributed by atoms with Gasteiger partial charge in [-0.3, -0.25) is 9.59 Å². The molecule has 2 heterocycles. The zero-order valence-corrected chi connectivity index (χ0v) is 19.8. The number of unbranched alkanes of at least 4 members (excludes halogenated alkanes) is 1.